The first-order valence-electron chi connectivity index (χ1n) is 9.35. The van der Waals surface area contributed by atoms with Crippen molar-refractivity contribution in [2.75, 3.05) is 32.8 Å². The molecule has 3 heterocycles. The molecule has 5 rings (SSSR count). The van der Waals surface area contributed by atoms with Crippen LogP contribution in [0.1, 0.15) is 41.6 Å². The lowest BCUT2D eigenvalue weighted by Crippen LogP contribution is -2.45. The monoisotopic (exact) mass is 340 g/mol. The second-order valence-corrected chi connectivity index (χ2v) is 7.42. The summed E-state index contributed by atoms with van der Waals surface area (Å²) in [5.41, 5.74) is 2.75. The molecule has 2 aliphatic heterocycles. The Morgan fingerprint density at radius 1 is 1.04 bits per heavy atom. The third kappa shape index (κ3) is 3.41. The van der Waals surface area contributed by atoms with Gasteiger partial charge in [-0.1, -0.05) is 17.3 Å². The van der Waals surface area contributed by atoms with E-state index in [4.69, 9.17) is 9.26 Å². The molecule has 1 aromatic heterocycles. The van der Waals surface area contributed by atoms with Crippen LogP contribution in [0, 0.1) is 0 Å². The maximum absolute atomic E-state index is 5.59. The summed E-state index contributed by atoms with van der Waals surface area (Å²) in [5.74, 6) is 3.29. The minimum Gasteiger partial charge on any atom is -0.493 e. The van der Waals surface area contributed by atoms with E-state index >= 15 is 0 Å². The van der Waals surface area contributed by atoms with Gasteiger partial charge in [-0.15, -0.1) is 0 Å². The summed E-state index contributed by atoms with van der Waals surface area (Å²) in [4.78, 5) is 9.49. The van der Waals surface area contributed by atoms with E-state index in [1.165, 1.54) is 24.0 Å². The first-order chi connectivity index (χ1) is 12.3. The summed E-state index contributed by atoms with van der Waals surface area (Å²) in [7, 11) is 0. The van der Waals surface area contributed by atoms with Gasteiger partial charge in [0.15, 0.2) is 5.82 Å². The fourth-order valence-corrected chi connectivity index (χ4v) is 3.73. The van der Waals surface area contributed by atoms with Crippen molar-refractivity contribution < 1.29 is 9.26 Å². The lowest BCUT2D eigenvalue weighted by Gasteiger charge is -2.34. The third-order valence-corrected chi connectivity index (χ3v) is 5.40. The molecule has 132 valence electrons. The molecule has 2 fully saturated rings. The largest absolute Gasteiger partial charge is 0.493 e. The zero-order chi connectivity index (χ0) is 16.6. The Labute approximate surface area is 147 Å². The van der Waals surface area contributed by atoms with Gasteiger partial charge in [-0.2, -0.15) is 4.98 Å². The summed E-state index contributed by atoms with van der Waals surface area (Å²) in [6.07, 6.45) is 3.45. The molecular formula is C19H24N4O2. The van der Waals surface area contributed by atoms with Crippen molar-refractivity contribution in [3.63, 3.8) is 0 Å². The maximum Gasteiger partial charge on any atom is 0.229 e. The second-order valence-electron chi connectivity index (χ2n) is 7.42. The molecule has 0 atom stereocenters. The Kier molecular flexibility index (Phi) is 3.94. The molecule has 6 heteroatoms. The quantitative estimate of drug-likeness (QED) is 0.832. The van der Waals surface area contributed by atoms with E-state index in [2.05, 4.69) is 38.1 Å². The van der Waals surface area contributed by atoms with Crippen molar-refractivity contribution >= 4 is 0 Å². The van der Waals surface area contributed by atoms with Crippen LogP contribution < -0.4 is 4.74 Å². The van der Waals surface area contributed by atoms with E-state index in [0.717, 1.165) is 69.8 Å². The molecule has 25 heavy (non-hydrogen) atoms. The average molecular weight is 340 g/mol. The highest BCUT2D eigenvalue weighted by Crippen LogP contribution is 2.38. The van der Waals surface area contributed by atoms with Crippen molar-refractivity contribution in [3.05, 3.63) is 41.0 Å². The number of hydrogen-bond acceptors (Lipinski definition) is 6. The van der Waals surface area contributed by atoms with Crippen molar-refractivity contribution in [1.29, 1.82) is 0 Å². The minimum atomic E-state index is 0.538. The van der Waals surface area contributed by atoms with Crippen molar-refractivity contribution in [3.8, 4) is 5.75 Å². The molecule has 2 aromatic rings. The van der Waals surface area contributed by atoms with Gasteiger partial charge in [-0.25, -0.2) is 0 Å². The van der Waals surface area contributed by atoms with E-state index < -0.39 is 0 Å². The van der Waals surface area contributed by atoms with Crippen LogP contribution in [0.3, 0.4) is 0 Å². The molecular weight excluding hydrogens is 316 g/mol. The van der Waals surface area contributed by atoms with Crippen LogP contribution in [0.25, 0.3) is 0 Å². The second kappa shape index (κ2) is 6.42. The molecule has 0 amide bonds. The molecule has 1 aromatic carbocycles. The van der Waals surface area contributed by atoms with Crippen LogP contribution in [-0.2, 0) is 19.5 Å². The van der Waals surface area contributed by atoms with Gasteiger partial charge in [0.2, 0.25) is 5.89 Å². The molecule has 1 saturated carbocycles. The molecule has 0 unspecified atom stereocenters. The summed E-state index contributed by atoms with van der Waals surface area (Å²) >= 11 is 0. The van der Waals surface area contributed by atoms with Crippen LogP contribution in [-0.4, -0.2) is 52.7 Å². The number of hydrogen-bond donors (Lipinski definition) is 0. The fourth-order valence-electron chi connectivity index (χ4n) is 3.73. The summed E-state index contributed by atoms with van der Waals surface area (Å²) in [6.45, 7) is 6.94. The van der Waals surface area contributed by atoms with Crippen LogP contribution in [0.5, 0.6) is 5.75 Å². The summed E-state index contributed by atoms with van der Waals surface area (Å²) in [5, 5.41) is 4.14. The number of aromatic nitrogens is 2. The van der Waals surface area contributed by atoms with Gasteiger partial charge in [0.05, 0.1) is 13.2 Å². The zero-order valence-electron chi connectivity index (χ0n) is 14.5. The van der Waals surface area contributed by atoms with E-state index in [1.807, 2.05) is 0 Å². The van der Waals surface area contributed by atoms with Crippen molar-refractivity contribution in [2.24, 2.45) is 0 Å². The van der Waals surface area contributed by atoms with Crippen LogP contribution in [0.4, 0.5) is 0 Å². The van der Waals surface area contributed by atoms with Crippen LogP contribution in [0.15, 0.2) is 22.7 Å². The van der Waals surface area contributed by atoms with Gasteiger partial charge in [0.25, 0.3) is 0 Å². The summed E-state index contributed by atoms with van der Waals surface area (Å²) in [6, 6.07) is 6.64. The molecule has 6 nitrogen and oxygen atoms in total. The highest BCUT2D eigenvalue weighted by atomic mass is 16.5. The third-order valence-electron chi connectivity index (χ3n) is 5.40. The first-order valence-corrected chi connectivity index (χ1v) is 9.35. The molecule has 0 spiro atoms. The van der Waals surface area contributed by atoms with Gasteiger partial charge in [0.1, 0.15) is 5.75 Å². The van der Waals surface area contributed by atoms with Gasteiger partial charge < -0.3 is 9.26 Å². The van der Waals surface area contributed by atoms with Gasteiger partial charge in [-0.3, -0.25) is 9.80 Å². The molecule has 3 aliphatic rings. The number of nitrogens with zero attached hydrogens (tertiary/aromatic N) is 4. The Morgan fingerprint density at radius 2 is 1.84 bits per heavy atom. The number of fused-ring (bicyclic) bond motifs is 1. The fraction of sp³-hybridized carbons (Fsp3) is 0.579. The Hall–Kier alpha value is -1.92. The van der Waals surface area contributed by atoms with E-state index in [-0.39, 0.29) is 0 Å². The number of piperazine rings is 1. The molecule has 1 saturated heterocycles. The highest BCUT2D eigenvalue weighted by molar-refractivity contribution is 5.39. The standard InChI is InChI=1S/C19H24N4O2/c1-4-17-16(5-10-24-17)11-14(1)12-22-6-8-23(9-7-22)13-18-20-19(25-21-18)15-2-3-15/h1,4,11,15H,2-3,5-10,12-13H2. The topological polar surface area (TPSA) is 54.6 Å². The predicted molar refractivity (Wildman–Crippen MR) is 92.5 cm³/mol. The SMILES string of the molecule is c1cc2c(cc1CN1CCN(Cc3noc(C4CC4)n3)CC1)CCO2. The Bertz CT molecular complexity index is 748. The highest BCUT2D eigenvalue weighted by Gasteiger charge is 2.30. The average Bonchev–Trinajstić information content (AvgIpc) is 3.20. The minimum absolute atomic E-state index is 0.538. The van der Waals surface area contributed by atoms with Crippen LogP contribution in [0.2, 0.25) is 0 Å². The molecule has 0 bridgehead atoms. The van der Waals surface area contributed by atoms with E-state index in [9.17, 15) is 0 Å². The normalized spacial score (nSPS) is 21.3. The van der Waals surface area contributed by atoms with Crippen molar-refractivity contribution in [2.45, 2.75) is 38.3 Å². The smallest absolute Gasteiger partial charge is 0.229 e. The first kappa shape index (κ1) is 15.3. The number of benzene rings is 1. The molecule has 1 aliphatic carbocycles. The summed E-state index contributed by atoms with van der Waals surface area (Å²) < 4.78 is 11.0. The number of rotatable bonds is 5. The van der Waals surface area contributed by atoms with Gasteiger partial charge in [-0.05, 0) is 30.0 Å². The lowest BCUT2D eigenvalue weighted by atomic mass is 10.1. The van der Waals surface area contributed by atoms with Gasteiger partial charge >= 0.3 is 0 Å². The Morgan fingerprint density at radius 3 is 2.64 bits per heavy atom. The predicted octanol–water partition coefficient (Wildman–Crippen LogP) is 2.20. The number of ether oxygens (including phenoxy) is 1. The van der Waals surface area contributed by atoms with Crippen molar-refractivity contribution in [1.82, 2.24) is 19.9 Å². The molecule has 0 N–H and O–H groups in total. The van der Waals surface area contributed by atoms with Crippen LogP contribution >= 0.6 is 0 Å². The maximum atomic E-state index is 5.59. The lowest BCUT2D eigenvalue weighted by molar-refractivity contribution is 0.119. The van der Waals surface area contributed by atoms with Gasteiger partial charge in [0, 0.05) is 45.1 Å². The zero-order valence-corrected chi connectivity index (χ0v) is 14.5. The van der Waals surface area contributed by atoms with E-state index in [1.54, 1.807) is 0 Å². The molecule has 0 radical (unpaired) electrons. The van der Waals surface area contributed by atoms with E-state index in [0.29, 0.717) is 5.92 Å². The Balaban J connectivity index is 1.13.